The summed E-state index contributed by atoms with van der Waals surface area (Å²) in [5, 5.41) is 12.5. The zero-order chi connectivity index (χ0) is 20.6. The van der Waals surface area contributed by atoms with Gasteiger partial charge in [-0.25, -0.2) is 0 Å². The fourth-order valence-electron chi connectivity index (χ4n) is 2.63. The van der Waals surface area contributed by atoms with Crippen LogP contribution in [0.1, 0.15) is 17.0 Å². The summed E-state index contributed by atoms with van der Waals surface area (Å²) < 4.78 is 7.60. The molecule has 2 aromatic carbocycles. The standard InChI is InChI=1S/C21H23ClN4O2S/c1-15-8-9-17(22)18(12-15)28-13-19-24-25-21(26(19)2)29-14-20(27)23-11-10-16-6-4-3-5-7-16/h3-9,12H,10-11,13-14H2,1-2H3,(H,23,27). The second-order valence-corrected chi connectivity index (χ2v) is 7.90. The Kier molecular flexibility index (Phi) is 7.55. The minimum Gasteiger partial charge on any atom is -0.484 e. The van der Waals surface area contributed by atoms with Crippen molar-refractivity contribution in [3.63, 3.8) is 0 Å². The van der Waals surface area contributed by atoms with Crippen molar-refractivity contribution in [3.8, 4) is 5.75 Å². The average Bonchev–Trinajstić information content (AvgIpc) is 3.07. The molecule has 0 fully saturated rings. The van der Waals surface area contributed by atoms with Gasteiger partial charge in [0.25, 0.3) is 0 Å². The Morgan fingerprint density at radius 2 is 2.00 bits per heavy atom. The molecule has 8 heteroatoms. The predicted octanol–water partition coefficient (Wildman–Crippen LogP) is 3.81. The largest absolute Gasteiger partial charge is 0.484 e. The molecule has 0 spiro atoms. The van der Waals surface area contributed by atoms with Crippen LogP contribution in [0.15, 0.2) is 53.7 Å². The lowest BCUT2D eigenvalue weighted by Gasteiger charge is -2.09. The number of nitrogens with zero attached hydrogens (tertiary/aromatic N) is 3. The molecule has 6 nitrogen and oxygen atoms in total. The number of ether oxygens (including phenoxy) is 1. The zero-order valence-electron chi connectivity index (χ0n) is 16.4. The van der Waals surface area contributed by atoms with E-state index in [4.69, 9.17) is 16.3 Å². The second kappa shape index (κ2) is 10.3. The van der Waals surface area contributed by atoms with Crippen molar-refractivity contribution in [2.24, 2.45) is 7.05 Å². The van der Waals surface area contributed by atoms with E-state index >= 15 is 0 Å². The van der Waals surface area contributed by atoms with Crippen molar-refractivity contribution in [1.82, 2.24) is 20.1 Å². The number of amides is 1. The number of aromatic nitrogens is 3. The number of hydrogen-bond donors (Lipinski definition) is 1. The quantitative estimate of drug-likeness (QED) is 0.523. The van der Waals surface area contributed by atoms with Gasteiger partial charge in [-0.05, 0) is 36.6 Å². The minimum absolute atomic E-state index is 0.0294. The van der Waals surface area contributed by atoms with Gasteiger partial charge in [-0.2, -0.15) is 0 Å². The van der Waals surface area contributed by atoms with Crippen LogP contribution in [0.4, 0.5) is 0 Å². The fourth-order valence-corrected chi connectivity index (χ4v) is 3.56. The lowest BCUT2D eigenvalue weighted by atomic mass is 10.1. The maximum atomic E-state index is 12.1. The molecule has 0 aliphatic rings. The van der Waals surface area contributed by atoms with E-state index in [2.05, 4.69) is 15.5 Å². The topological polar surface area (TPSA) is 69.0 Å². The van der Waals surface area contributed by atoms with Gasteiger partial charge in [-0.3, -0.25) is 4.79 Å². The van der Waals surface area contributed by atoms with Gasteiger partial charge in [0, 0.05) is 13.6 Å². The number of halogens is 1. The Bertz CT molecular complexity index is 963. The molecule has 3 aromatic rings. The predicted molar refractivity (Wildman–Crippen MR) is 115 cm³/mol. The van der Waals surface area contributed by atoms with Crippen molar-refractivity contribution in [3.05, 3.63) is 70.5 Å². The molecule has 0 saturated carbocycles. The van der Waals surface area contributed by atoms with E-state index in [9.17, 15) is 4.79 Å². The number of benzene rings is 2. The van der Waals surface area contributed by atoms with Crippen molar-refractivity contribution in [2.75, 3.05) is 12.3 Å². The van der Waals surface area contributed by atoms with Gasteiger partial charge in [0.15, 0.2) is 11.0 Å². The highest BCUT2D eigenvalue weighted by Gasteiger charge is 2.12. The SMILES string of the molecule is Cc1ccc(Cl)c(OCc2nnc(SCC(=O)NCCc3ccccc3)n2C)c1. The van der Waals surface area contributed by atoms with Crippen molar-refractivity contribution >= 4 is 29.3 Å². The highest BCUT2D eigenvalue weighted by atomic mass is 35.5. The first-order valence-electron chi connectivity index (χ1n) is 9.23. The molecule has 1 N–H and O–H groups in total. The molecule has 1 aromatic heterocycles. The number of carbonyl (C=O) groups excluding carboxylic acids is 1. The van der Waals surface area contributed by atoms with Crippen LogP contribution in [0, 0.1) is 6.92 Å². The Balaban J connectivity index is 1.45. The van der Waals surface area contributed by atoms with E-state index in [1.807, 2.05) is 61.0 Å². The van der Waals surface area contributed by atoms with Gasteiger partial charge < -0.3 is 14.6 Å². The van der Waals surface area contributed by atoms with Gasteiger partial charge in [0.05, 0.1) is 10.8 Å². The van der Waals surface area contributed by atoms with Crippen LogP contribution in [0.5, 0.6) is 5.75 Å². The van der Waals surface area contributed by atoms with Crippen LogP contribution in [-0.2, 0) is 24.9 Å². The molecule has 1 heterocycles. The zero-order valence-corrected chi connectivity index (χ0v) is 18.0. The molecule has 29 heavy (non-hydrogen) atoms. The summed E-state index contributed by atoms with van der Waals surface area (Å²) in [5.74, 6) is 1.53. The Labute approximate surface area is 179 Å². The smallest absolute Gasteiger partial charge is 0.230 e. The first-order valence-corrected chi connectivity index (χ1v) is 10.6. The average molecular weight is 431 g/mol. The van der Waals surface area contributed by atoms with E-state index in [0.717, 1.165) is 12.0 Å². The summed E-state index contributed by atoms with van der Waals surface area (Å²) in [6.45, 7) is 2.83. The molecule has 1 amide bonds. The number of aryl methyl sites for hydroxylation is 1. The molecular formula is C21H23ClN4O2S. The summed E-state index contributed by atoms with van der Waals surface area (Å²) in [6.07, 6.45) is 0.810. The van der Waals surface area contributed by atoms with E-state index in [0.29, 0.717) is 28.3 Å². The molecule has 0 atom stereocenters. The Hall–Kier alpha value is -2.51. The maximum absolute atomic E-state index is 12.1. The lowest BCUT2D eigenvalue weighted by Crippen LogP contribution is -2.27. The normalized spacial score (nSPS) is 10.7. The van der Waals surface area contributed by atoms with Crippen LogP contribution in [0.3, 0.4) is 0 Å². The van der Waals surface area contributed by atoms with Gasteiger partial charge in [0.1, 0.15) is 12.4 Å². The van der Waals surface area contributed by atoms with Crippen LogP contribution in [-0.4, -0.2) is 33.0 Å². The summed E-state index contributed by atoms with van der Waals surface area (Å²) in [4.78, 5) is 12.1. The minimum atomic E-state index is -0.0294. The molecule has 3 rings (SSSR count). The first kappa shape index (κ1) is 21.2. The fraction of sp³-hybridized carbons (Fsp3) is 0.286. The summed E-state index contributed by atoms with van der Waals surface area (Å²) in [6, 6.07) is 15.7. The van der Waals surface area contributed by atoms with Crippen molar-refractivity contribution < 1.29 is 9.53 Å². The first-order chi connectivity index (χ1) is 14.0. The third kappa shape index (κ3) is 6.24. The Morgan fingerprint density at radius 3 is 2.79 bits per heavy atom. The molecule has 152 valence electrons. The number of rotatable bonds is 9. The van der Waals surface area contributed by atoms with E-state index in [1.54, 1.807) is 6.07 Å². The number of nitrogens with one attached hydrogen (secondary N) is 1. The summed E-state index contributed by atoms with van der Waals surface area (Å²) in [5.41, 5.74) is 2.27. The monoisotopic (exact) mass is 430 g/mol. The molecular weight excluding hydrogens is 408 g/mol. The number of hydrogen-bond acceptors (Lipinski definition) is 5. The van der Waals surface area contributed by atoms with Gasteiger partial charge in [-0.1, -0.05) is 59.8 Å². The van der Waals surface area contributed by atoms with E-state index in [1.165, 1.54) is 17.3 Å². The third-order valence-electron chi connectivity index (χ3n) is 4.28. The molecule has 0 unspecified atom stereocenters. The summed E-state index contributed by atoms with van der Waals surface area (Å²) >= 11 is 7.50. The van der Waals surface area contributed by atoms with Gasteiger partial charge in [-0.15, -0.1) is 10.2 Å². The van der Waals surface area contributed by atoms with E-state index < -0.39 is 0 Å². The molecule has 0 radical (unpaired) electrons. The molecule has 0 saturated heterocycles. The van der Waals surface area contributed by atoms with Gasteiger partial charge >= 0.3 is 0 Å². The maximum Gasteiger partial charge on any atom is 0.230 e. The number of thioether (sulfide) groups is 1. The molecule has 0 aliphatic carbocycles. The van der Waals surface area contributed by atoms with Crippen LogP contribution in [0.25, 0.3) is 0 Å². The van der Waals surface area contributed by atoms with E-state index in [-0.39, 0.29) is 18.3 Å². The lowest BCUT2D eigenvalue weighted by molar-refractivity contribution is -0.118. The van der Waals surface area contributed by atoms with Crippen molar-refractivity contribution in [2.45, 2.75) is 25.1 Å². The van der Waals surface area contributed by atoms with Crippen molar-refractivity contribution in [1.29, 1.82) is 0 Å². The van der Waals surface area contributed by atoms with Crippen LogP contribution < -0.4 is 10.1 Å². The van der Waals surface area contributed by atoms with Crippen LogP contribution in [0.2, 0.25) is 5.02 Å². The number of carbonyl (C=O) groups is 1. The van der Waals surface area contributed by atoms with Gasteiger partial charge in [0.2, 0.25) is 5.91 Å². The second-order valence-electron chi connectivity index (χ2n) is 6.55. The Morgan fingerprint density at radius 1 is 1.21 bits per heavy atom. The molecule has 0 aliphatic heterocycles. The highest BCUT2D eigenvalue weighted by Crippen LogP contribution is 2.26. The molecule has 0 bridgehead atoms. The summed E-state index contributed by atoms with van der Waals surface area (Å²) in [7, 11) is 1.85. The van der Waals surface area contributed by atoms with Crippen LogP contribution >= 0.6 is 23.4 Å². The highest BCUT2D eigenvalue weighted by molar-refractivity contribution is 7.99. The third-order valence-corrected chi connectivity index (χ3v) is 5.61.